The van der Waals surface area contributed by atoms with Crippen molar-refractivity contribution in [2.75, 3.05) is 0 Å². The molecule has 1 aliphatic rings. The molecule has 1 atom stereocenters. The smallest absolute Gasteiger partial charge is 0.331 e. The molecule has 0 saturated carbocycles. The van der Waals surface area contributed by atoms with E-state index < -0.39 is 23.3 Å². The van der Waals surface area contributed by atoms with Crippen LogP contribution in [0.2, 0.25) is 0 Å². The molecule has 3 N–H and O–H groups in total. The van der Waals surface area contributed by atoms with Gasteiger partial charge in [0.2, 0.25) is 0 Å². The second kappa shape index (κ2) is 8.94. The number of carboxylic acids is 3. The van der Waals surface area contributed by atoms with Crippen LogP contribution < -0.4 is 0 Å². The number of rotatable bonds is 6. The molecule has 6 heteroatoms. The third-order valence-electron chi connectivity index (χ3n) is 3.08. The first-order chi connectivity index (χ1) is 9.73. The third kappa shape index (κ3) is 7.29. The number of unbranched alkanes of at least 4 members (excludes halogenated alkanes) is 2. The van der Waals surface area contributed by atoms with E-state index >= 15 is 0 Å². The minimum Gasteiger partial charge on any atom is -0.481 e. The zero-order valence-electron chi connectivity index (χ0n) is 12.3. The lowest BCUT2D eigenvalue weighted by atomic mass is 9.80. The molecule has 21 heavy (non-hydrogen) atoms. The van der Waals surface area contributed by atoms with Crippen LogP contribution in [-0.4, -0.2) is 33.2 Å². The number of hydrogen-bond donors (Lipinski definition) is 3. The molecule has 1 unspecified atom stereocenters. The fraction of sp³-hybridized carbons (Fsp3) is 0.533. The molecule has 0 bridgehead atoms. The molecule has 0 aromatic heterocycles. The largest absolute Gasteiger partial charge is 0.481 e. The summed E-state index contributed by atoms with van der Waals surface area (Å²) in [5.41, 5.74) is -0.949. The van der Waals surface area contributed by atoms with Crippen LogP contribution in [0.1, 0.15) is 46.0 Å². The quantitative estimate of drug-likeness (QED) is 0.650. The molecule has 0 aliphatic heterocycles. The van der Waals surface area contributed by atoms with Crippen LogP contribution in [0.15, 0.2) is 23.8 Å². The highest BCUT2D eigenvalue weighted by Gasteiger charge is 2.34. The van der Waals surface area contributed by atoms with Crippen molar-refractivity contribution in [3.63, 3.8) is 0 Å². The number of hydrogen-bond acceptors (Lipinski definition) is 3. The summed E-state index contributed by atoms with van der Waals surface area (Å²) in [5, 5.41) is 25.6. The topological polar surface area (TPSA) is 112 Å². The average molecular weight is 298 g/mol. The van der Waals surface area contributed by atoms with Crippen molar-refractivity contribution in [3.05, 3.63) is 23.8 Å². The molecular weight excluding hydrogens is 276 g/mol. The van der Waals surface area contributed by atoms with Crippen LogP contribution in [0.3, 0.4) is 0 Å². The summed E-state index contributed by atoms with van der Waals surface area (Å²) in [6.45, 7) is 3.56. The number of aliphatic carboxylic acids is 3. The van der Waals surface area contributed by atoms with Gasteiger partial charge in [-0.15, -0.1) is 0 Å². The maximum atomic E-state index is 10.8. The van der Waals surface area contributed by atoms with Crippen molar-refractivity contribution in [3.8, 4) is 0 Å². The molecule has 0 fully saturated rings. The van der Waals surface area contributed by atoms with Gasteiger partial charge in [0, 0.05) is 12.0 Å². The Hall–Kier alpha value is -2.11. The van der Waals surface area contributed by atoms with Gasteiger partial charge in [0.15, 0.2) is 0 Å². The standard InChI is InChI=1S/C9H10O4.C6H12O2/c1-9(8(12)13)4-2-3-6(5-9)7(10)11;1-2-3-4-5-6(7)8/h2-4H,5H2,1H3,(H,10,11)(H,12,13);2-5H2,1H3,(H,7,8). The van der Waals surface area contributed by atoms with Gasteiger partial charge in [-0.05, 0) is 19.8 Å². The Bertz CT molecular complexity index is 449. The Morgan fingerprint density at radius 1 is 1.19 bits per heavy atom. The van der Waals surface area contributed by atoms with Gasteiger partial charge in [0.25, 0.3) is 0 Å². The van der Waals surface area contributed by atoms with E-state index in [4.69, 9.17) is 15.3 Å². The molecule has 0 radical (unpaired) electrons. The minimum atomic E-state index is -1.08. The molecule has 0 aromatic rings. The fourth-order valence-corrected chi connectivity index (χ4v) is 1.71. The summed E-state index contributed by atoms with van der Waals surface area (Å²) in [7, 11) is 0. The van der Waals surface area contributed by atoms with Crippen LogP contribution >= 0.6 is 0 Å². The summed E-state index contributed by atoms with van der Waals surface area (Å²) >= 11 is 0. The van der Waals surface area contributed by atoms with Crippen LogP contribution in [-0.2, 0) is 14.4 Å². The number of carbonyl (C=O) groups is 3. The maximum Gasteiger partial charge on any atom is 0.331 e. The lowest BCUT2D eigenvalue weighted by Crippen LogP contribution is -2.28. The van der Waals surface area contributed by atoms with Crippen molar-refractivity contribution in [1.82, 2.24) is 0 Å². The fourth-order valence-electron chi connectivity index (χ4n) is 1.71. The molecule has 0 heterocycles. The molecular formula is C15H22O6. The first kappa shape index (κ1) is 18.9. The maximum absolute atomic E-state index is 10.8. The first-order valence-electron chi connectivity index (χ1n) is 6.79. The monoisotopic (exact) mass is 298 g/mol. The lowest BCUT2D eigenvalue weighted by molar-refractivity contribution is -0.145. The van der Waals surface area contributed by atoms with Crippen molar-refractivity contribution in [1.29, 1.82) is 0 Å². The molecule has 0 amide bonds. The van der Waals surface area contributed by atoms with E-state index in [0.717, 1.165) is 19.3 Å². The van der Waals surface area contributed by atoms with E-state index in [2.05, 4.69) is 6.92 Å². The normalized spacial score (nSPS) is 20.0. The van der Waals surface area contributed by atoms with Gasteiger partial charge in [-0.1, -0.05) is 38.0 Å². The lowest BCUT2D eigenvalue weighted by Gasteiger charge is -2.23. The zero-order chi connectivity index (χ0) is 16.5. The van der Waals surface area contributed by atoms with E-state index in [0.29, 0.717) is 6.42 Å². The van der Waals surface area contributed by atoms with E-state index in [1.54, 1.807) is 0 Å². The van der Waals surface area contributed by atoms with Gasteiger partial charge in [-0.3, -0.25) is 9.59 Å². The van der Waals surface area contributed by atoms with E-state index in [1.807, 2.05) is 0 Å². The molecule has 1 rings (SSSR count). The Kier molecular flexibility index (Phi) is 8.04. The van der Waals surface area contributed by atoms with Crippen LogP contribution in [0.25, 0.3) is 0 Å². The van der Waals surface area contributed by atoms with E-state index in [-0.39, 0.29) is 12.0 Å². The van der Waals surface area contributed by atoms with E-state index in [1.165, 1.54) is 25.2 Å². The predicted octanol–water partition coefficient (Wildman–Crippen LogP) is 2.70. The number of carboxylic acid groups (broad SMARTS) is 3. The highest BCUT2D eigenvalue weighted by atomic mass is 16.4. The van der Waals surface area contributed by atoms with Gasteiger partial charge in [0.1, 0.15) is 0 Å². The van der Waals surface area contributed by atoms with Crippen LogP contribution in [0.4, 0.5) is 0 Å². The highest BCUT2D eigenvalue weighted by molar-refractivity contribution is 5.90. The Morgan fingerprint density at radius 3 is 2.24 bits per heavy atom. The summed E-state index contributed by atoms with van der Waals surface area (Å²) in [6, 6.07) is 0. The molecule has 0 saturated heterocycles. The highest BCUT2D eigenvalue weighted by Crippen LogP contribution is 2.31. The average Bonchev–Trinajstić information content (AvgIpc) is 2.39. The second-order valence-corrected chi connectivity index (χ2v) is 5.11. The van der Waals surface area contributed by atoms with Gasteiger partial charge in [-0.2, -0.15) is 0 Å². The van der Waals surface area contributed by atoms with Crippen molar-refractivity contribution in [2.45, 2.75) is 46.0 Å². The SMILES string of the molecule is CC1(C(=O)O)C=CC=C(C(=O)O)C1.CCCCCC(=O)O. The number of allylic oxidation sites excluding steroid dienone is 2. The Balaban J connectivity index is 0.000000433. The minimum absolute atomic E-state index is 0.0359. The molecule has 0 spiro atoms. The van der Waals surface area contributed by atoms with E-state index in [9.17, 15) is 14.4 Å². The Morgan fingerprint density at radius 2 is 1.81 bits per heavy atom. The molecule has 1 aliphatic carbocycles. The van der Waals surface area contributed by atoms with Crippen molar-refractivity contribution >= 4 is 17.9 Å². The molecule has 0 aromatic carbocycles. The third-order valence-corrected chi connectivity index (χ3v) is 3.08. The van der Waals surface area contributed by atoms with Gasteiger partial charge in [-0.25, -0.2) is 4.79 Å². The Labute approximate surface area is 123 Å². The summed E-state index contributed by atoms with van der Waals surface area (Å²) in [6.07, 6.45) is 7.71. The van der Waals surface area contributed by atoms with Crippen LogP contribution in [0, 0.1) is 5.41 Å². The van der Waals surface area contributed by atoms with Gasteiger partial charge < -0.3 is 15.3 Å². The predicted molar refractivity (Wildman–Crippen MR) is 77.0 cm³/mol. The van der Waals surface area contributed by atoms with Crippen LogP contribution in [0.5, 0.6) is 0 Å². The summed E-state index contributed by atoms with van der Waals surface area (Å²) in [5.74, 6) is -2.74. The van der Waals surface area contributed by atoms with Crippen molar-refractivity contribution < 1.29 is 29.7 Å². The zero-order valence-corrected chi connectivity index (χ0v) is 12.3. The molecule has 118 valence electrons. The van der Waals surface area contributed by atoms with Gasteiger partial charge in [0.05, 0.1) is 5.41 Å². The summed E-state index contributed by atoms with van der Waals surface area (Å²) in [4.78, 5) is 31.2. The summed E-state index contributed by atoms with van der Waals surface area (Å²) < 4.78 is 0. The first-order valence-corrected chi connectivity index (χ1v) is 6.79. The van der Waals surface area contributed by atoms with Gasteiger partial charge >= 0.3 is 17.9 Å². The molecule has 6 nitrogen and oxygen atoms in total. The second-order valence-electron chi connectivity index (χ2n) is 5.11. The van der Waals surface area contributed by atoms with Crippen molar-refractivity contribution in [2.24, 2.45) is 5.41 Å².